The van der Waals surface area contributed by atoms with Gasteiger partial charge in [0, 0.05) is 49.4 Å². The third-order valence-electron chi connectivity index (χ3n) is 5.53. The molecule has 1 saturated heterocycles. The number of amides is 3. The smallest absolute Gasteiger partial charge is 0.255 e. The van der Waals surface area contributed by atoms with Crippen molar-refractivity contribution in [2.24, 2.45) is 0 Å². The van der Waals surface area contributed by atoms with E-state index in [1.165, 1.54) is 28.6 Å². The monoisotopic (exact) mass is 486 g/mol. The highest BCUT2D eigenvalue weighted by atomic mass is 32.2. The first-order chi connectivity index (χ1) is 16.3. The second-order valence-corrected chi connectivity index (χ2v) is 9.92. The molecule has 0 radical (unpaired) electrons. The predicted octanol–water partition coefficient (Wildman–Crippen LogP) is 2.37. The molecule has 0 unspecified atom stereocenters. The van der Waals surface area contributed by atoms with Gasteiger partial charge in [0.25, 0.3) is 11.8 Å². The Bertz CT molecular complexity index is 1110. The number of nitrogens with one attached hydrogen (secondary N) is 3. The molecule has 0 saturated carbocycles. The second-order valence-electron chi connectivity index (χ2n) is 7.98. The van der Waals surface area contributed by atoms with Gasteiger partial charge in [0.2, 0.25) is 15.9 Å². The van der Waals surface area contributed by atoms with E-state index in [2.05, 4.69) is 16.0 Å². The van der Waals surface area contributed by atoms with Crippen molar-refractivity contribution in [3.05, 3.63) is 59.7 Å². The molecule has 3 amide bonds. The maximum absolute atomic E-state index is 12.7. The Balaban J connectivity index is 1.54. The molecule has 0 atom stereocenters. The van der Waals surface area contributed by atoms with Crippen molar-refractivity contribution in [2.75, 3.05) is 31.5 Å². The van der Waals surface area contributed by atoms with E-state index < -0.39 is 10.0 Å². The van der Waals surface area contributed by atoms with Crippen molar-refractivity contribution < 1.29 is 22.8 Å². The molecule has 2 aromatic rings. The highest BCUT2D eigenvalue weighted by Gasteiger charge is 2.26. The van der Waals surface area contributed by atoms with E-state index in [-0.39, 0.29) is 22.6 Å². The molecule has 0 spiro atoms. The zero-order valence-electron chi connectivity index (χ0n) is 19.2. The molecule has 0 bridgehead atoms. The van der Waals surface area contributed by atoms with E-state index in [1.807, 2.05) is 0 Å². The molecule has 1 heterocycles. The van der Waals surface area contributed by atoms with Crippen molar-refractivity contribution in [1.29, 1.82) is 0 Å². The van der Waals surface area contributed by atoms with Gasteiger partial charge >= 0.3 is 0 Å². The van der Waals surface area contributed by atoms with Crippen LogP contribution >= 0.6 is 0 Å². The van der Waals surface area contributed by atoms with Crippen LogP contribution in [0.2, 0.25) is 0 Å². The summed E-state index contributed by atoms with van der Waals surface area (Å²) in [5.41, 5.74) is 1.25. The standard InChI is InChI=1S/C24H30N4O5S/c1-2-22(29)25-14-15-26-23(30)18-6-10-20(11-7-18)27-24(31)19-8-12-21(13-9-19)34(32,33)28-16-4-3-5-17-28/h6-13H,2-5,14-17H2,1H3,(H,25,29)(H,26,30)(H,27,31). The van der Waals surface area contributed by atoms with Crippen molar-refractivity contribution >= 4 is 33.4 Å². The fourth-order valence-electron chi connectivity index (χ4n) is 3.55. The molecule has 10 heteroatoms. The van der Waals surface area contributed by atoms with Gasteiger partial charge in [-0.25, -0.2) is 8.42 Å². The largest absolute Gasteiger partial charge is 0.354 e. The molecule has 1 fully saturated rings. The summed E-state index contributed by atoms with van der Waals surface area (Å²) in [6.07, 6.45) is 3.15. The first-order valence-corrected chi connectivity index (χ1v) is 12.8. The number of piperidine rings is 1. The molecular weight excluding hydrogens is 456 g/mol. The second kappa shape index (κ2) is 11.8. The summed E-state index contributed by atoms with van der Waals surface area (Å²) >= 11 is 0. The van der Waals surface area contributed by atoms with Crippen LogP contribution in [0.25, 0.3) is 0 Å². The first-order valence-electron chi connectivity index (χ1n) is 11.4. The SMILES string of the molecule is CCC(=O)NCCNC(=O)c1ccc(NC(=O)c2ccc(S(=O)(=O)N3CCCCC3)cc2)cc1. The molecule has 1 aliphatic rings. The summed E-state index contributed by atoms with van der Waals surface area (Å²) in [5, 5.41) is 8.13. The highest BCUT2D eigenvalue weighted by molar-refractivity contribution is 7.89. The van der Waals surface area contributed by atoms with Crippen LogP contribution in [-0.4, -0.2) is 56.6 Å². The number of sulfonamides is 1. The minimum absolute atomic E-state index is 0.0763. The predicted molar refractivity (Wildman–Crippen MR) is 129 cm³/mol. The van der Waals surface area contributed by atoms with Crippen LogP contribution in [0, 0.1) is 0 Å². The summed E-state index contributed by atoms with van der Waals surface area (Å²) in [4.78, 5) is 36.1. The first kappa shape index (κ1) is 25.4. The van der Waals surface area contributed by atoms with Crippen molar-refractivity contribution in [3.63, 3.8) is 0 Å². The maximum atomic E-state index is 12.7. The Morgan fingerprint density at radius 2 is 1.35 bits per heavy atom. The Morgan fingerprint density at radius 1 is 0.794 bits per heavy atom. The van der Waals surface area contributed by atoms with E-state index in [9.17, 15) is 22.8 Å². The zero-order chi connectivity index (χ0) is 24.6. The number of hydrogen-bond donors (Lipinski definition) is 3. The molecule has 9 nitrogen and oxygen atoms in total. The number of rotatable bonds is 9. The third-order valence-corrected chi connectivity index (χ3v) is 7.44. The highest BCUT2D eigenvalue weighted by Crippen LogP contribution is 2.21. The summed E-state index contributed by atoms with van der Waals surface area (Å²) in [6, 6.07) is 12.3. The average Bonchev–Trinajstić information content (AvgIpc) is 2.87. The number of carbonyl (C=O) groups is 3. The minimum atomic E-state index is -3.55. The molecular formula is C24H30N4O5S. The van der Waals surface area contributed by atoms with Crippen LogP contribution in [-0.2, 0) is 14.8 Å². The Morgan fingerprint density at radius 3 is 1.97 bits per heavy atom. The van der Waals surface area contributed by atoms with Crippen molar-refractivity contribution in [3.8, 4) is 0 Å². The van der Waals surface area contributed by atoms with E-state index in [0.29, 0.717) is 49.4 Å². The summed E-state index contributed by atoms with van der Waals surface area (Å²) < 4.78 is 27.0. The van der Waals surface area contributed by atoms with Crippen molar-refractivity contribution in [2.45, 2.75) is 37.5 Å². The molecule has 0 aromatic heterocycles. The van der Waals surface area contributed by atoms with E-state index in [0.717, 1.165) is 19.3 Å². The van der Waals surface area contributed by atoms with E-state index in [4.69, 9.17) is 0 Å². The lowest BCUT2D eigenvalue weighted by Crippen LogP contribution is -2.35. The quantitative estimate of drug-likeness (QED) is 0.470. The number of benzene rings is 2. The number of carbonyl (C=O) groups excluding carboxylic acids is 3. The lowest BCUT2D eigenvalue weighted by atomic mass is 10.1. The molecule has 3 rings (SSSR count). The topological polar surface area (TPSA) is 125 Å². The van der Waals surface area contributed by atoms with Crippen LogP contribution in [0.15, 0.2) is 53.4 Å². The van der Waals surface area contributed by atoms with Gasteiger partial charge in [-0.2, -0.15) is 4.31 Å². The van der Waals surface area contributed by atoms with Crippen LogP contribution in [0.4, 0.5) is 5.69 Å². The lowest BCUT2D eigenvalue weighted by molar-refractivity contribution is -0.120. The normalized spacial score (nSPS) is 14.3. The molecule has 1 aliphatic heterocycles. The van der Waals surface area contributed by atoms with E-state index >= 15 is 0 Å². The van der Waals surface area contributed by atoms with Gasteiger partial charge in [-0.15, -0.1) is 0 Å². The molecule has 0 aliphatic carbocycles. The third kappa shape index (κ3) is 6.64. The molecule has 2 aromatic carbocycles. The zero-order valence-corrected chi connectivity index (χ0v) is 20.0. The van der Waals surface area contributed by atoms with Gasteiger partial charge in [-0.05, 0) is 61.4 Å². The van der Waals surface area contributed by atoms with Crippen LogP contribution < -0.4 is 16.0 Å². The Hall–Kier alpha value is -3.24. The van der Waals surface area contributed by atoms with Gasteiger partial charge in [-0.3, -0.25) is 14.4 Å². The fourth-order valence-corrected chi connectivity index (χ4v) is 5.06. The molecule has 34 heavy (non-hydrogen) atoms. The Kier molecular flexibility index (Phi) is 8.78. The number of hydrogen-bond acceptors (Lipinski definition) is 5. The van der Waals surface area contributed by atoms with Gasteiger partial charge in [0.05, 0.1) is 4.90 Å². The van der Waals surface area contributed by atoms with E-state index in [1.54, 1.807) is 31.2 Å². The number of nitrogens with zero attached hydrogens (tertiary/aromatic N) is 1. The van der Waals surface area contributed by atoms with Crippen molar-refractivity contribution in [1.82, 2.24) is 14.9 Å². The fraction of sp³-hybridized carbons (Fsp3) is 0.375. The van der Waals surface area contributed by atoms with Crippen LogP contribution in [0.5, 0.6) is 0 Å². The molecule has 3 N–H and O–H groups in total. The maximum Gasteiger partial charge on any atom is 0.255 e. The van der Waals surface area contributed by atoms with Gasteiger partial charge < -0.3 is 16.0 Å². The summed E-state index contributed by atoms with van der Waals surface area (Å²) in [7, 11) is -3.55. The Labute approximate surface area is 200 Å². The van der Waals surface area contributed by atoms with Crippen LogP contribution in [0.3, 0.4) is 0 Å². The van der Waals surface area contributed by atoms with Gasteiger partial charge in [-0.1, -0.05) is 13.3 Å². The van der Waals surface area contributed by atoms with Crippen LogP contribution in [0.1, 0.15) is 53.3 Å². The number of anilines is 1. The van der Waals surface area contributed by atoms with Gasteiger partial charge in [0.1, 0.15) is 0 Å². The average molecular weight is 487 g/mol. The van der Waals surface area contributed by atoms with Gasteiger partial charge in [0.15, 0.2) is 0 Å². The lowest BCUT2D eigenvalue weighted by Gasteiger charge is -2.25. The summed E-state index contributed by atoms with van der Waals surface area (Å²) in [6.45, 7) is 3.46. The summed E-state index contributed by atoms with van der Waals surface area (Å²) in [5.74, 6) is -0.743. The molecule has 182 valence electrons. The minimum Gasteiger partial charge on any atom is -0.354 e.